The largest absolute Gasteiger partial charge is 0.507 e. The van der Waals surface area contributed by atoms with Crippen molar-refractivity contribution < 1.29 is 26.2 Å². The summed E-state index contributed by atoms with van der Waals surface area (Å²) in [6.07, 6.45) is 1.86. The molecule has 0 saturated carbocycles. The number of para-hydroxylation sites is 2. The van der Waals surface area contributed by atoms with Crippen molar-refractivity contribution >= 4 is 21.9 Å². The van der Waals surface area contributed by atoms with Gasteiger partial charge in [0.15, 0.2) is 0 Å². The summed E-state index contributed by atoms with van der Waals surface area (Å²) < 4.78 is 2.15. The van der Waals surface area contributed by atoms with Gasteiger partial charge >= 0.3 is 0 Å². The molecule has 5 aromatic carbocycles. The van der Waals surface area contributed by atoms with Crippen LogP contribution in [-0.2, 0) is 31.9 Å². The third-order valence-electron chi connectivity index (χ3n) is 8.97. The second-order valence-corrected chi connectivity index (χ2v) is 14.6. The van der Waals surface area contributed by atoms with E-state index < -0.39 is 0 Å². The molecule has 0 spiro atoms. The number of aromatic hydroxyl groups is 1. The molecule has 7 aromatic rings. The topological polar surface area (TPSA) is 50.9 Å². The summed E-state index contributed by atoms with van der Waals surface area (Å²) in [5.41, 5.74) is 11.9. The quantitative estimate of drug-likeness (QED) is 0.180. The number of fused-ring (bicyclic) bond motifs is 2. The molecule has 0 atom stereocenters. The van der Waals surface area contributed by atoms with Gasteiger partial charge in [0, 0.05) is 38.5 Å². The molecule has 0 bridgehead atoms. The van der Waals surface area contributed by atoms with Crippen LogP contribution in [0.15, 0.2) is 109 Å². The van der Waals surface area contributed by atoms with Crippen LogP contribution in [0.5, 0.6) is 5.75 Å². The minimum atomic E-state index is -0.0898. The van der Waals surface area contributed by atoms with Gasteiger partial charge in [-0.2, -0.15) is 0 Å². The Kier molecular flexibility index (Phi) is 8.68. The van der Waals surface area contributed by atoms with Crippen molar-refractivity contribution in [1.82, 2.24) is 14.5 Å². The number of aryl methyl sites for hydroxylation is 1. The molecule has 7 rings (SSSR count). The minimum Gasteiger partial charge on any atom is -0.507 e. The summed E-state index contributed by atoms with van der Waals surface area (Å²) >= 11 is 0. The molecule has 0 amide bonds. The number of imidazole rings is 1. The van der Waals surface area contributed by atoms with E-state index in [9.17, 15) is 5.11 Å². The zero-order chi connectivity index (χ0) is 33.1. The van der Waals surface area contributed by atoms with E-state index in [1.54, 1.807) is 6.07 Å². The van der Waals surface area contributed by atoms with Crippen molar-refractivity contribution in [3.8, 4) is 45.1 Å². The summed E-state index contributed by atoms with van der Waals surface area (Å²) in [4.78, 5) is 10.1. The molecule has 48 heavy (non-hydrogen) atoms. The Morgan fingerprint density at radius 2 is 1.33 bits per heavy atom. The Bertz CT molecular complexity index is 2290. The minimum absolute atomic E-state index is 0. The average molecular weight is 810 g/mol. The first-order valence-electron chi connectivity index (χ1n) is 16.2. The monoisotopic (exact) mass is 809 g/mol. The van der Waals surface area contributed by atoms with Crippen molar-refractivity contribution in [2.75, 3.05) is 0 Å². The molecule has 4 nitrogen and oxygen atoms in total. The van der Waals surface area contributed by atoms with Crippen LogP contribution in [-0.4, -0.2) is 19.6 Å². The van der Waals surface area contributed by atoms with Gasteiger partial charge in [-0.25, -0.2) is 4.98 Å². The number of benzene rings is 5. The van der Waals surface area contributed by atoms with E-state index in [1.807, 2.05) is 36.5 Å². The zero-order valence-electron chi connectivity index (χ0n) is 28.5. The smallest absolute Gasteiger partial charge is 0.148 e. The van der Waals surface area contributed by atoms with Crippen molar-refractivity contribution in [2.24, 2.45) is 0 Å². The molecule has 0 aliphatic rings. The van der Waals surface area contributed by atoms with Gasteiger partial charge in [-0.1, -0.05) is 114 Å². The van der Waals surface area contributed by atoms with Crippen LogP contribution >= 0.6 is 0 Å². The molecule has 5 heteroatoms. The van der Waals surface area contributed by atoms with E-state index in [2.05, 4.69) is 126 Å². The fraction of sp³-hybridized carbons (Fsp3) is 0.209. The molecular weight excluding hydrogens is 770 g/mol. The van der Waals surface area contributed by atoms with Crippen molar-refractivity contribution in [1.29, 1.82) is 0 Å². The zero-order valence-corrected chi connectivity index (χ0v) is 30.8. The molecule has 0 fully saturated rings. The Morgan fingerprint density at radius 3 is 2.04 bits per heavy atom. The summed E-state index contributed by atoms with van der Waals surface area (Å²) in [6, 6.07) is 39.3. The number of pyridine rings is 1. The molecule has 0 saturated heterocycles. The normalized spacial score (nSPS) is 12.0. The molecule has 1 N–H and O–H groups in total. The van der Waals surface area contributed by atoms with Gasteiger partial charge in [-0.05, 0) is 63.7 Å². The van der Waals surface area contributed by atoms with Gasteiger partial charge in [0.25, 0.3) is 0 Å². The van der Waals surface area contributed by atoms with Crippen LogP contribution in [0.1, 0.15) is 58.2 Å². The fourth-order valence-electron chi connectivity index (χ4n) is 6.35. The van der Waals surface area contributed by atoms with Gasteiger partial charge in [0.2, 0.25) is 0 Å². The van der Waals surface area contributed by atoms with Crippen LogP contribution in [0.4, 0.5) is 0 Å². The maximum absolute atomic E-state index is 11.2. The van der Waals surface area contributed by atoms with Crippen LogP contribution in [0, 0.1) is 13.0 Å². The first-order chi connectivity index (χ1) is 22.4. The Balaban J connectivity index is 0.00000401. The Labute approximate surface area is 297 Å². The van der Waals surface area contributed by atoms with Crippen molar-refractivity contribution in [3.63, 3.8) is 0 Å². The molecular formula is C43H40N3OPt-. The third-order valence-corrected chi connectivity index (χ3v) is 8.97. The van der Waals surface area contributed by atoms with E-state index in [0.29, 0.717) is 11.4 Å². The number of phenolic OH excluding ortho intramolecular Hbond substituents is 1. The number of phenols is 1. The van der Waals surface area contributed by atoms with E-state index in [-0.39, 0.29) is 37.6 Å². The number of hydrogen-bond acceptors (Lipinski definition) is 3. The van der Waals surface area contributed by atoms with Crippen LogP contribution in [0.2, 0.25) is 0 Å². The summed E-state index contributed by atoms with van der Waals surface area (Å²) in [6.45, 7) is 15.4. The van der Waals surface area contributed by atoms with Gasteiger partial charge in [0.1, 0.15) is 11.6 Å². The second-order valence-electron chi connectivity index (χ2n) is 14.6. The Hall–Kier alpha value is -4.53. The molecule has 0 radical (unpaired) electrons. The van der Waals surface area contributed by atoms with Gasteiger partial charge in [-0.15, -0.1) is 34.9 Å². The number of aromatic nitrogens is 3. The predicted molar refractivity (Wildman–Crippen MR) is 195 cm³/mol. The molecule has 0 aliphatic heterocycles. The number of rotatable bonds is 4. The summed E-state index contributed by atoms with van der Waals surface area (Å²) in [5, 5.41) is 12.4. The van der Waals surface area contributed by atoms with Crippen molar-refractivity contribution in [2.45, 2.75) is 59.3 Å². The summed E-state index contributed by atoms with van der Waals surface area (Å²) in [7, 11) is 0. The standard InChI is InChI=1S/C43H40N3O.Pt/c1-27-21-29(23-30(22-27)35-26-32(43(5,6)7)24-28-13-12-20-44-39(28)35)34-16-11-17-37-40(34)45-41(46(37)33-14-9-8-10-15-33)36-25-31(42(2,3)4)18-19-38(36)47;/h8-22,24-26,47H,1-7H3;/q-1;. The fourth-order valence-corrected chi connectivity index (χ4v) is 6.35. The maximum Gasteiger partial charge on any atom is 0.148 e. The molecule has 2 aromatic heterocycles. The molecule has 0 aliphatic carbocycles. The van der Waals surface area contributed by atoms with Crippen LogP contribution in [0.3, 0.4) is 0 Å². The SMILES string of the molecule is Cc1cc(-c2cc(C(C)(C)C)cc3cccnc23)[c-]c(-c2cccc3c2nc(-c2cc(C(C)(C)C)ccc2O)n3-c2ccccc2)c1.[Pt]. The van der Waals surface area contributed by atoms with Crippen LogP contribution < -0.4 is 0 Å². The second kappa shape index (κ2) is 12.5. The van der Waals surface area contributed by atoms with E-state index >= 15 is 0 Å². The van der Waals surface area contributed by atoms with Gasteiger partial charge in [-0.3, -0.25) is 9.55 Å². The van der Waals surface area contributed by atoms with Gasteiger partial charge in [0.05, 0.1) is 16.6 Å². The molecule has 0 unspecified atom stereocenters. The first-order valence-corrected chi connectivity index (χ1v) is 16.2. The average Bonchev–Trinajstić information content (AvgIpc) is 3.43. The van der Waals surface area contributed by atoms with E-state index in [0.717, 1.165) is 61.0 Å². The maximum atomic E-state index is 11.2. The number of nitrogens with zero attached hydrogens (tertiary/aromatic N) is 3. The molecule has 244 valence electrons. The molecule has 2 heterocycles. The third kappa shape index (κ3) is 6.11. The van der Waals surface area contributed by atoms with Crippen molar-refractivity contribution in [3.05, 3.63) is 132 Å². The predicted octanol–water partition coefficient (Wildman–Crippen LogP) is 11.0. The Morgan fingerprint density at radius 1 is 0.646 bits per heavy atom. The van der Waals surface area contributed by atoms with E-state index in [1.165, 1.54) is 5.56 Å². The van der Waals surface area contributed by atoms with Gasteiger partial charge < -0.3 is 5.11 Å². The number of hydrogen-bond donors (Lipinski definition) is 1. The summed E-state index contributed by atoms with van der Waals surface area (Å²) in [5.74, 6) is 0.901. The van der Waals surface area contributed by atoms with E-state index in [4.69, 9.17) is 9.97 Å². The first kappa shape index (κ1) is 33.4. The van der Waals surface area contributed by atoms with Crippen LogP contribution in [0.25, 0.3) is 61.3 Å².